The van der Waals surface area contributed by atoms with E-state index in [0.717, 1.165) is 9.21 Å². The topological polar surface area (TPSA) is 104 Å². The maximum Gasteiger partial charge on any atom is 0.487 e. The Kier molecular flexibility index (Phi) is 9.15. The van der Waals surface area contributed by atoms with E-state index in [1.54, 1.807) is 6.07 Å². The third kappa shape index (κ3) is 6.90. The number of carbonyl (C=O) groups excluding carboxylic acids is 3. The molecule has 206 valence electrons. The molecular formula is C25H28F3N3O6S. The Hall–Kier alpha value is -3.45. The fraction of sp³-hybridized carbons (Fsp3) is 0.400. The fourth-order valence-electron chi connectivity index (χ4n) is 4.09. The number of aryl methyl sites for hydroxylation is 1. The van der Waals surface area contributed by atoms with Crippen LogP contribution < -0.4 is 0 Å². The zero-order valence-electron chi connectivity index (χ0n) is 20.8. The van der Waals surface area contributed by atoms with Gasteiger partial charge in [0.1, 0.15) is 6.04 Å². The lowest BCUT2D eigenvalue weighted by Gasteiger charge is -2.41. The molecule has 1 heterocycles. The van der Waals surface area contributed by atoms with E-state index in [9.17, 15) is 36.0 Å². The third-order valence-corrected chi connectivity index (χ3v) is 8.12. The summed E-state index contributed by atoms with van der Waals surface area (Å²) in [4.78, 5) is 37.3. The van der Waals surface area contributed by atoms with Crippen molar-refractivity contribution in [1.82, 2.24) is 14.1 Å². The molecule has 38 heavy (non-hydrogen) atoms. The number of ether oxygens (including phenoxy) is 1. The Morgan fingerprint density at radius 1 is 1.00 bits per heavy atom. The number of benzene rings is 2. The largest absolute Gasteiger partial charge is 0.487 e. The van der Waals surface area contributed by atoms with Crippen LogP contribution in [0.2, 0.25) is 0 Å². The van der Waals surface area contributed by atoms with Crippen molar-refractivity contribution in [1.29, 1.82) is 0 Å². The molecular weight excluding hydrogens is 527 g/mol. The highest BCUT2D eigenvalue weighted by molar-refractivity contribution is 7.89. The van der Waals surface area contributed by atoms with Crippen molar-refractivity contribution in [2.45, 2.75) is 43.5 Å². The van der Waals surface area contributed by atoms with E-state index in [1.165, 1.54) is 62.6 Å². The monoisotopic (exact) mass is 555 g/mol. The summed E-state index contributed by atoms with van der Waals surface area (Å²) < 4.78 is 74.5. The summed E-state index contributed by atoms with van der Waals surface area (Å²) in [5.74, 6) is -2.40. The molecule has 2 amide bonds. The fourth-order valence-corrected chi connectivity index (χ4v) is 5.66. The van der Waals surface area contributed by atoms with Gasteiger partial charge in [-0.15, -0.1) is 13.2 Å². The highest BCUT2D eigenvalue weighted by Gasteiger charge is 2.49. The Labute approximate surface area is 218 Å². The second kappa shape index (κ2) is 11.9. The normalized spacial score (nSPS) is 16.7. The number of alkyl halides is 3. The van der Waals surface area contributed by atoms with E-state index in [-0.39, 0.29) is 34.9 Å². The van der Waals surface area contributed by atoms with Crippen LogP contribution in [0, 0.1) is 0 Å². The molecule has 0 saturated carbocycles. The number of sulfonamides is 1. The van der Waals surface area contributed by atoms with Crippen molar-refractivity contribution >= 4 is 27.8 Å². The first kappa shape index (κ1) is 29.1. The van der Waals surface area contributed by atoms with Crippen LogP contribution in [-0.2, 0) is 42.1 Å². The summed E-state index contributed by atoms with van der Waals surface area (Å²) in [6.07, 6.45) is -4.71. The molecule has 1 saturated heterocycles. The molecule has 0 N–H and O–H groups in total. The van der Waals surface area contributed by atoms with Gasteiger partial charge in [-0.25, -0.2) is 13.3 Å². The SMILES string of the molecule is COC(=O)CCc1ccc(S(=O)(=O)N2CCN(C(C)=O)CC2C(=O)N(Cc2ccccc2)C(F)(F)F)cc1. The van der Waals surface area contributed by atoms with E-state index in [2.05, 4.69) is 4.74 Å². The molecule has 0 bridgehead atoms. The molecule has 0 radical (unpaired) electrons. The number of halogens is 3. The van der Waals surface area contributed by atoms with Crippen molar-refractivity contribution in [3.05, 3.63) is 65.7 Å². The first-order valence-corrected chi connectivity index (χ1v) is 13.1. The number of rotatable bonds is 8. The quantitative estimate of drug-likeness (QED) is 0.366. The van der Waals surface area contributed by atoms with Gasteiger partial charge in [-0.2, -0.15) is 4.31 Å². The average Bonchev–Trinajstić information content (AvgIpc) is 2.89. The van der Waals surface area contributed by atoms with Gasteiger partial charge < -0.3 is 9.64 Å². The Balaban J connectivity index is 1.93. The average molecular weight is 556 g/mol. The summed E-state index contributed by atoms with van der Waals surface area (Å²) in [6.45, 7) is -0.585. The summed E-state index contributed by atoms with van der Waals surface area (Å²) in [7, 11) is -3.17. The smallest absolute Gasteiger partial charge is 0.469 e. The molecule has 0 aliphatic carbocycles. The van der Waals surface area contributed by atoms with Crippen LogP contribution in [0.3, 0.4) is 0 Å². The standard InChI is InChI=1S/C25H28F3N3O6S/c1-18(32)29-14-15-31(38(35,36)21-11-8-19(9-12-21)10-13-23(33)37-2)22(17-29)24(34)30(25(26,27)28)16-20-6-4-3-5-7-20/h3-9,11-12,22H,10,13-17H2,1-2H3. The minimum Gasteiger partial charge on any atom is -0.469 e. The number of hydrogen-bond donors (Lipinski definition) is 0. The van der Waals surface area contributed by atoms with Crippen molar-refractivity contribution in [2.75, 3.05) is 26.7 Å². The molecule has 9 nitrogen and oxygen atoms in total. The van der Waals surface area contributed by atoms with Crippen molar-refractivity contribution in [2.24, 2.45) is 0 Å². The van der Waals surface area contributed by atoms with Gasteiger partial charge in [0.15, 0.2) is 0 Å². The summed E-state index contributed by atoms with van der Waals surface area (Å²) in [5, 5.41) is 0. The maximum absolute atomic E-state index is 14.0. The zero-order valence-corrected chi connectivity index (χ0v) is 21.7. The molecule has 0 aromatic heterocycles. The van der Waals surface area contributed by atoms with Gasteiger partial charge in [0.25, 0.3) is 0 Å². The van der Waals surface area contributed by atoms with E-state index in [0.29, 0.717) is 12.0 Å². The highest BCUT2D eigenvalue weighted by Crippen LogP contribution is 2.29. The second-order valence-corrected chi connectivity index (χ2v) is 10.6. The lowest BCUT2D eigenvalue weighted by molar-refractivity contribution is -0.246. The minimum atomic E-state index is -5.10. The zero-order chi connectivity index (χ0) is 28.1. The predicted octanol–water partition coefficient (Wildman–Crippen LogP) is 2.56. The summed E-state index contributed by atoms with van der Waals surface area (Å²) >= 11 is 0. The molecule has 1 aliphatic rings. The number of amides is 2. The first-order chi connectivity index (χ1) is 17.8. The summed E-state index contributed by atoms with van der Waals surface area (Å²) in [5.41, 5.74) is 0.851. The number of esters is 1. The molecule has 1 atom stereocenters. The summed E-state index contributed by atoms with van der Waals surface area (Å²) in [6, 6.07) is 11.2. The van der Waals surface area contributed by atoms with E-state index in [1.807, 2.05) is 0 Å². The van der Waals surface area contributed by atoms with E-state index >= 15 is 0 Å². The molecule has 1 unspecified atom stereocenters. The number of nitrogens with zero attached hydrogens (tertiary/aromatic N) is 3. The molecule has 1 aliphatic heterocycles. The van der Waals surface area contributed by atoms with Crippen LogP contribution in [0.4, 0.5) is 13.2 Å². The molecule has 13 heteroatoms. The highest BCUT2D eigenvalue weighted by atomic mass is 32.2. The lowest BCUT2D eigenvalue weighted by Crippen LogP contribution is -2.63. The number of piperazine rings is 1. The minimum absolute atomic E-state index is 0.0831. The van der Waals surface area contributed by atoms with Crippen LogP contribution >= 0.6 is 0 Å². The molecule has 2 aromatic carbocycles. The number of hydrogen-bond acceptors (Lipinski definition) is 6. The van der Waals surface area contributed by atoms with Crippen LogP contribution in [0.25, 0.3) is 0 Å². The first-order valence-electron chi connectivity index (χ1n) is 11.7. The maximum atomic E-state index is 14.0. The lowest BCUT2D eigenvalue weighted by atomic mass is 10.1. The molecule has 0 spiro atoms. The number of methoxy groups -OCH3 is 1. The Morgan fingerprint density at radius 2 is 1.63 bits per heavy atom. The Bertz CT molecular complexity index is 1250. The molecule has 1 fully saturated rings. The van der Waals surface area contributed by atoms with Crippen LogP contribution in [-0.4, -0.2) is 79.4 Å². The second-order valence-electron chi connectivity index (χ2n) is 8.69. The van der Waals surface area contributed by atoms with Crippen molar-refractivity contribution in [3.63, 3.8) is 0 Å². The van der Waals surface area contributed by atoms with Gasteiger partial charge in [0.2, 0.25) is 21.8 Å². The predicted molar refractivity (Wildman–Crippen MR) is 130 cm³/mol. The third-order valence-electron chi connectivity index (χ3n) is 6.19. The van der Waals surface area contributed by atoms with Gasteiger partial charge in [0.05, 0.1) is 18.6 Å². The van der Waals surface area contributed by atoms with Crippen LogP contribution in [0.5, 0.6) is 0 Å². The van der Waals surface area contributed by atoms with Gasteiger partial charge in [0, 0.05) is 33.0 Å². The van der Waals surface area contributed by atoms with Gasteiger partial charge in [-0.1, -0.05) is 42.5 Å². The van der Waals surface area contributed by atoms with Crippen molar-refractivity contribution < 1.29 is 40.7 Å². The molecule has 3 rings (SSSR count). The van der Waals surface area contributed by atoms with Crippen molar-refractivity contribution in [3.8, 4) is 0 Å². The van der Waals surface area contributed by atoms with E-state index in [4.69, 9.17) is 0 Å². The van der Waals surface area contributed by atoms with Gasteiger partial charge >= 0.3 is 12.3 Å². The van der Waals surface area contributed by atoms with Crippen LogP contribution in [0.1, 0.15) is 24.5 Å². The number of carbonyl (C=O) groups is 3. The van der Waals surface area contributed by atoms with Gasteiger partial charge in [-0.3, -0.25) is 14.4 Å². The van der Waals surface area contributed by atoms with E-state index < -0.39 is 53.2 Å². The van der Waals surface area contributed by atoms with Gasteiger partial charge in [-0.05, 0) is 29.7 Å². The van der Waals surface area contributed by atoms with Crippen LogP contribution in [0.15, 0.2) is 59.5 Å². The Morgan fingerprint density at radius 3 is 2.18 bits per heavy atom. The molecule has 2 aromatic rings.